The molecule has 0 aliphatic heterocycles. The van der Waals surface area contributed by atoms with Gasteiger partial charge in [-0.1, -0.05) is 48.5 Å². The third kappa shape index (κ3) is 3.73. The van der Waals surface area contributed by atoms with Gasteiger partial charge in [-0.25, -0.2) is 0 Å². The van der Waals surface area contributed by atoms with Crippen LogP contribution >= 0.6 is 27.5 Å². The highest BCUT2D eigenvalue weighted by Crippen LogP contribution is 2.34. The number of amides is 1. The average molecular weight is 458 g/mol. The van der Waals surface area contributed by atoms with Gasteiger partial charge in [-0.2, -0.15) is 0 Å². The zero-order valence-electron chi connectivity index (χ0n) is 15.0. The highest BCUT2D eigenvalue weighted by Gasteiger charge is 2.17. The van der Waals surface area contributed by atoms with Crippen LogP contribution in [0, 0.1) is 0 Å². The normalized spacial score (nSPS) is 12.1. The number of ether oxygens (including phenoxy) is 1. The minimum Gasteiger partial charge on any atom is -0.483 e. The largest absolute Gasteiger partial charge is 0.483 e. The Morgan fingerprint density at radius 1 is 1.11 bits per heavy atom. The maximum absolute atomic E-state index is 12.1. The second kappa shape index (κ2) is 7.86. The van der Waals surface area contributed by atoms with Crippen LogP contribution in [-0.2, 0) is 17.6 Å². The quantitative estimate of drug-likeness (QED) is 0.511. The van der Waals surface area contributed by atoms with Gasteiger partial charge in [0.15, 0.2) is 6.61 Å². The van der Waals surface area contributed by atoms with Gasteiger partial charge < -0.3 is 4.74 Å². The van der Waals surface area contributed by atoms with Crippen molar-refractivity contribution >= 4 is 49.9 Å². The van der Waals surface area contributed by atoms with Crippen molar-refractivity contribution in [3.05, 3.63) is 81.3 Å². The van der Waals surface area contributed by atoms with Crippen LogP contribution in [0.5, 0.6) is 5.75 Å². The molecule has 1 aliphatic carbocycles. The first-order valence-corrected chi connectivity index (χ1v) is 10.1. The number of hydrazine groups is 1. The molecule has 0 atom stereocenters. The Labute approximate surface area is 176 Å². The second-order valence-corrected chi connectivity index (χ2v) is 7.92. The molecule has 6 heteroatoms. The van der Waals surface area contributed by atoms with Crippen LogP contribution in [0.3, 0.4) is 0 Å². The smallest absolute Gasteiger partial charge is 0.276 e. The Hall–Kier alpha value is -2.50. The number of benzene rings is 3. The number of carbonyl (C=O) groups is 1. The molecular formula is C22H18BrClN2O2. The summed E-state index contributed by atoms with van der Waals surface area (Å²) in [7, 11) is 0. The lowest BCUT2D eigenvalue weighted by molar-refractivity contribution is -0.123. The van der Waals surface area contributed by atoms with Crippen molar-refractivity contribution in [1.82, 2.24) is 10.9 Å². The maximum atomic E-state index is 12.1. The lowest BCUT2D eigenvalue weighted by Gasteiger charge is -2.15. The van der Waals surface area contributed by atoms with Gasteiger partial charge in [-0.3, -0.25) is 15.6 Å². The molecule has 4 rings (SSSR count). The number of hydrogen-bond acceptors (Lipinski definition) is 3. The summed E-state index contributed by atoms with van der Waals surface area (Å²) in [5.41, 5.74) is 9.89. The third-order valence-corrected chi connectivity index (χ3v) is 5.66. The van der Waals surface area contributed by atoms with Gasteiger partial charge in [-0.05, 0) is 68.9 Å². The zero-order valence-corrected chi connectivity index (χ0v) is 17.4. The van der Waals surface area contributed by atoms with E-state index < -0.39 is 0 Å². The molecule has 0 radical (unpaired) electrons. The van der Waals surface area contributed by atoms with E-state index in [2.05, 4.69) is 63.7 Å². The topological polar surface area (TPSA) is 50.4 Å². The van der Waals surface area contributed by atoms with Crippen molar-refractivity contribution in [2.45, 2.75) is 12.8 Å². The van der Waals surface area contributed by atoms with Crippen molar-refractivity contribution in [3.63, 3.8) is 0 Å². The fourth-order valence-corrected chi connectivity index (χ4v) is 4.29. The molecule has 0 saturated carbocycles. The summed E-state index contributed by atoms with van der Waals surface area (Å²) < 4.78 is 6.21. The van der Waals surface area contributed by atoms with Gasteiger partial charge >= 0.3 is 0 Å². The van der Waals surface area contributed by atoms with E-state index in [9.17, 15) is 4.79 Å². The van der Waals surface area contributed by atoms with Gasteiger partial charge in [0.2, 0.25) is 0 Å². The lowest BCUT2D eigenvalue weighted by atomic mass is 9.99. The summed E-state index contributed by atoms with van der Waals surface area (Å²) in [5, 5.41) is 3.05. The Kier molecular flexibility index (Phi) is 5.29. The molecule has 4 nitrogen and oxygen atoms in total. The molecule has 142 valence electrons. The zero-order chi connectivity index (χ0) is 19.7. The molecule has 1 amide bonds. The van der Waals surface area contributed by atoms with Gasteiger partial charge in [-0.15, -0.1) is 0 Å². The van der Waals surface area contributed by atoms with Crippen LogP contribution in [0.2, 0.25) is 5.02 Å². The van der Waals surface area contributed by atoms with Gasteiger partial charge in [0, 0.05) is 10.6 Å². The van der Waals surface area contributed by atoms with E-state index in [0.717, 1.165) is 23.8 Å². The number of carbonyl (C=O) groups excluding carboxylic acids is 1. The van der Waals surface area contributed by atoms with Crippen LogP contribution in [0.25, 0.3) is 16.5 Å². The number of aryl methyl sites for hydroxylation is 2. The molecule has 0 spiro atoms. The number of rotatable bonds is 6. The maximum Gasteiger partial charge on any atom is 0.276 e. The molecule has 1 aliphatic rings. The van der Waals surface area contributed by atoms with Crippen LogP contribution < -0.4 is 15.6 Å². The molecule has 0 unspecified atom stereocenters. The minimum absolute atomic E-state index is 0.135. The van der Waals surface area contributed by atoms with Gasteiger partial charge in [0.05, 0.1) is 10.2 Å². The average Bonchev–Trinajstić information content (AvgIpc) is 3.11. The second-order valence-electron chi connectivity index (χ2n) is 6.63. The Morgan fingerprint density at radius 2 is 1.89 bits per heavy atom. The van der Waals surface area contributed by atoms with Gasteiger partial charge in [0.1, 0.15) is 5.75 Å². The highest BCUT2D eigenvalue weighted by atomic mass is 79.9. The standard InChI is InChI=1S/C22H18BrClN2O2/c1-13(17-9-7-15-6-5-14-3-2-4-18(17)22(14)15)25-26-21(27)12-28-20-10-8-16(24)11-19(20)23/h2-4,7-11,25H,1,5-6,12H2,(H,26,27). The van der Waals surface area contributed by atoms with E-state index in [4.69, 9.17) is 16.3 Å². The third-order valence-electron chi connectivity index (χ3n) is 4.81. The molecule has 2 N–H and O–H groups in total. The first-order chi connectivity index (χ1) is 13.5. The lowest BCUT2D eigenvalue weighted by Crippen LogP contribution is -2.39. The van der Waals surface area contributed by atoms with Crippen molar-refractivity contribution < 1.29 is 9.53 Å². The van der Waals surface area contributed by atoms with Gasteiger partial charge in [0.25, 0.3) is 5.91 Å². The molecular weight excluding hydrogens is 440 g/mol. The molecule has 0 aromatic heterocycles. The van der Waals surface area contributed by atoms with E-state index in [0.29, 0.717) is 20.9 Å². The van der Waals surface area contributed by atoms with E-state index in [1.807, 2.05) is 0 Å². The Balaban J connectivity index is 1.40. The summed E-state index contributed by atoms with van der Waals surface area (Å²) in [4.78, 5) is 12.1. The molecule has 0 bridgehead atoms. The van der Waals surface area contributed by atoms with Crippen molar-refractivity contribution in [1.29, 1.82) is 0 Å². The van der Waals surface area contributed by atoms with E-state index >= 15 is 0 Å². The summed E-state index contributed by atoms with van der Waals surface area (Å²) in [5.74, 6) is 0.236. The van der Waals surface area contributed by atoms with E-state index in [1.165, 1.54) is 16.5 Å². The first kappa shape index (κ1) is 18.8. The minimum atomic E-state index is -0.311. The van der Waals surface area contributed by atoms with Crippen molar-refractivity contribution in [3.8, 4) is 5.75 Å². The summed E-state index contributed by atoms with van der Waals surface area (Å²) in [6, 6.07) is 15.7. The highest BCUT2D eigenvalue weighted by molar-refractivity contribution is 9.10. The summed E-state index contributed by atoms with van der Waals surface area (Å²) in [6.45, 7) is 3.95. The van der Waals surface area contributed by atoms with Crippen LogP contribution in [-0.4, -0.2) is 12.5 Å². The molecule has 0 heterocycles. The fraction of sp³-hybridized carbons (Fsp3) is 0.136. The predicted octanol–water partition coefficient (Wildman–Crippen LogP) is 5.02. The Morgan fingerprint density at radius 3 is 2.68 bits per heavy atom. The summed E-state index contributed by atoms with van der Waals surface area (Å²) in [6.07, 6.45) is 2.15. The molecule has 3 aromatic rings. The number of nitrogens with one attached hydrogen (secondary N) is 2. The molecule has 0 saturated heterocycles. The van der Waals surface area contributed by atoms with Crippen LogP contribution in [0.15, 0.2) is 59.6 Å². The van der Waals surface area contributed by atoms with E-state index in [1.54, 1.807) is 18.2 Å². The predicted molar refractivity (Wildman–Crippen MR) is 116 cm³/mol. The first-order valence-electron chi connectivity index (χ1n) is 8.88. The SMILES string of the molecule is C=C(NNC(=O)COc1ccc(Cl)cc1Br)c1ccc2c3c(cccc13)CC2. The Bertz CT molecular complexity index is 1090. The molecule has 0 fully saturated rings. The van der Waals surface area contributed by atoms with E-state index in [-0.39, 0.29) is 12.5 Å². The molecule has 3 aromatic carbocycles. The number of halogens is 2. The van der Waals surface area contributed by atoms with Crippen LogP contribution in [0.4, 0.5) is 0 Å². The summed E-state index contributed by atoms with van der Waals surface area (Å²) >= 11 is 9.26. The molecule has 28 heavy (non-hydrogen) atoms. The van der Waals surface area contributed by atoms with Crippen molar-refractivity contribution in [2.75, 3.05) is 6.61 Å². The van der Waals surface area contributed by atoms with Crippen LogP contribution in [0.1, 0.15) is 16.7 Å². The number of hydrogen-bond donors (Lipinski definition) is 2. The van der Waals surface area contributed by atoms with Crippen molar-refractivity contribution in [2.24, 2.45) is 0 Å². The monoisotopic (exact) mass is 456 g/mol. The fourth-order valence-electron chi connectivity index (χ4n) is 3.49.